The van der Waals surface area contributed by atoms with Gasteiger partial charge in [0, 0.05) is 28.6 Å². The highest BCUT2D eigenvalue weighted by molar-refractivity contribution is 7.10. The van der Waals surface area contributed by atoms with E-state index in [2.05, 4.69) is 15.0 Å². The SMILES string of the molecule is Clc1ccc(OCc2ccccc2)c(Cc2nc(-c3nc4ncccc4[nH]3)cs2)c1. The van der Waals surface area contributed by atoms with Crippen LogP contribution in [-0.2, 0) is 13.0 Å². The number of aromatic amines is 1. The van der Waals surface area contributed by atoms with Gasteiger partial charge in [-0.3, -0.25) is 0 Å². The highest BCUT2D eigenvalue weighted by atomic mass is 35.5. The maximum Gasteiger partial charge on any atom is 0.178 e. The summed E-state index contributed by atoms with van der Waals surface area (Å²) in [5.74, 6) is 1.53. The van der Waals surface area contributed by atoms with Gasteiger partial charge in [-0.05, 0) is 35.9 Å². The molecule has 1 N–H and O–H groups in total. The summed E-state index contributed by atoms with van der Waals surface area (Å²) in [6.45, 7) is 0.505. The molecule has 2 aromatic carbocycles. The van der Waals surface area contributed by atoms with Gasteiger partial charge in [-0.2, -0.15) is 0 Å². The van der Waals surface area contributed by atoms with Crippen LogP contribution in [0.5, 0.6) is 5.75 Å². The topological polar surface area (TPSA) is 63.7 Å². The van der Waals surface area contributed by atoms with Crippen molar-refractivity contribution in [3.05, 3.63) is 93.4 Å². The molecule has 30 heavy (non-hydrogen) atoms. The molecule has 0 atom stereocenters. The summed E-state index contributed by atoms with van der Waals surface area (Å²) in [6, 6.07) is 19.6. The van der Waals surface area contributed by atoms with Crippen molar-refractivity contribution in [1.82, 2.24) is 19.9 Å². The lowest BCUT2D eigenvalue weighted by atomic mass is 10.1. The van der Waals surface area contributed by atoms with E-state index in [4.69, 9.17) is 21.3 Å². The lowest BCUT2D eigenvalue weighted by molar-refractivity contribution is 0.303. The van der Waals surface area contributed by atoms with Crippen LogP contribution in [0.3, 0.4) is 0 Å². The van der Waals surface area contributed by atoms with E-state index < -0.39 is 0 Å². The van der Waals surface area contributed by atoms with Crippen molar-refractivity contribution >= 4 is 34.1 Å². The minimum atomic E-state index is 0.505. The Morgan fingerprint density at radius 2 is 1.90 bits per heavy atom. The molecular formula is C23H17ClN4OS. The van der Waals surface area contributed by atoms with E-state index >= 15 is 0 Å². The number of ether oxygens (including phenoxy) is 1. The zero-order valence-electron chi connectivity index (χ0n) is 15.9. The van der Waals surface area contributed by atoms with Crippen LogP contribution in [0.25, 0.3) is 22.7 Å². The second-order valence-electron chi connectivity index (χ2n) is 6.79. The zero-order valence-corrected chi connectivity index (χ0v) is 17.5. The number of nitrogens with zero attached hydrogens (tertiary/aromatic N) is 3. The number of aromatic nitrogens is 4. The Hall–Kier alpha value is -3.22. The van der Waals surface area contributed by atoms with Gasteiger partial charge in [0.2, 0.25) is 0 Å². The summed E-state index contributed by atoms with van der Waals surface area (Å²) in [5.41, 5.74) is 4.52. The van der Waals surface area contributed by atoms with E-state index in [9.17, 15) is 0 Å². The predicted octanol–water partition coefficient (Wildman–Crippen LogP) is 5.90. The number of pyridine rings is 1. The molecule has 5 rings (SSSR count). The van der Waals surface area contributed by atoms with Gasteiger partial charge >= 0.3 is 0 Å². The first-order valence-electron chi connectivity index (χ1n) is 9.45. The minimum absolute atomic E-state index is 0.505. The summed E-state index contributed by atoms with van der Waals surface area (Å²) in [5, 5.41) is 3.64. The number of benzene rings is 2. The molecule has 3 heterocycles. The summed E-state index contributed by atoms with van der Waals surface area (Å²) in [6.07, 6.45) is 2.36. The second-order valence-corrected chi connectivity index (χ2v) is 8.17. The molecule has 0 spiro atoms. The number of halogens is 1. The van der Waals surface area contributed by atoms with Gasteiger partial charge in [-0.25, -0.2) is 15.0 Å². The molecule has 0 fully saturated rings. The van der Waals surface area contributed by atoms with Crippen molar-refractivity contribution in [2.24, 2.45) is 0 Å². The molecule has 0 aliphatic rings. The Labute approximate surface area is 182 Å². The number of hydrogen-bond donors (Lipinski definition) is 1. The number of rotatable bonds is 6. The Kier molecular flexibility index (Phi) is 5.17. The van der Waals surface area contributed by atoms with Crippen LogP contribution >= 0.6 is 22.9 Å². The van der Waals surface area contributed by atoms with Crippen LogP contribution in [0, 0.1) is 0 Å². The molecule has 3 aromatic heterocycles. The average Bonchev–Trinajstić information content (AvgIpc) is 3.41. The van der Waals surface area contributed by atoms with Gasteiger partial charge in [0.15, 0.2) is 11.5 Å². The Balaban J connectivity index is 1.37. The summed E-state index contributed by atoms with van der Waals surface area (Å²) < 4.78 is 6.07. The smallest absolute Gasteiger partial charge is 0.178 e. The first-order chi connectivity index (χ1) is 14.7. The summed E-state index contributed by atoms with van der Waals surface area (Å²) >= 11 is 7.84. The van der Waals surface area contributed by atoms with E-state index in [1.807, 2.05) is 66.0 Å². The van der Waals surface area contributed by atoms with Gasteiger partial charge in [-0.1, -0.05) is 41.9 Å². The fraction of sp³-hybridized carbons (Fsp3) is 0.0870. The van der Waals surface area contributed by atoms with Crippen molar-refractivity contribution < 1.29 is 4.74 Å². The summed E-state index contributed by atoms with van der Waals surface area (Å²) in [4.78, 5) is 16.8. The third kappa shape index (κ3) is 4.06. The van der Waals surface area contributed by atoms with Crippen molar-refractivity contribution in [2.45, 2.75) is 13.0 Å². The first-order valence-corrected chi connectivity index (χ1v) is 10.7. The quantitative estimate of drug-likeness (QED) is 0.362. The number of thiazole rings is 1. The van der Waals surface area contributed by atoms with E-state index in [0.717, 1.165) is 38.9 Å². The van der Waals surface area contributed by atoms with Crippen molar-refractivity contribution in [3.63, 3.8) is 0 Å². The summed E-state index contributed by atoms with van der Waals surface area (Å²) in [7, 11) is 0. The van der Waals surface area contributed by atoms with Crippen LogP contribution in [-0.4, -0.2) is 19.9 Å². The lowest BCUT2D eigenvalue weighted by Crippen LogP contribution is -1.99. The molecule has 5 nitrogen and oxygen atoms in total. The van der Waals surface area contributed by atoms with E-state index in [0.29, 0.717) is 23.7 Å². The molecule has 0 amide bonds. The maximum atomic E-state index is 6.25. The minimum Gasteiger partial charge on any atom is -0.489 e. The maximum absolute atomic E-state index is 6.25. The zero-order chi connectivity index (χ0) is 20.3. The average molecular weight is 433 g/mol. The number of nitrogens with one attached hydrogen (secondary N) is 1. The van der Waals surface area contributed by atoms with Gasteiger partial charge < -0.3 is 9.72 Å². The molecule has 0 saturated heterocycles. The van der Waals surface area contributed by atoms with E-state index in [1.165, 1.54) is 0 Å². The Morgan fingerprint density at radius 1 is 1.00 bits per heavy atom. The number of H-pyrrole nitrogens is 1. The number of imidazole rings is 1. The standard InChI is InChI=1S/C23H17ClN4OS/c24-17-8-9-20(29-13-15-5-2-1-3-6-15)16(11-17)12-21-26-19(14-30-21)23-27-18-7-4-10-25-22(18)28-23/h1-11,14H,12-13H2,(H,25,27,28). The van der Waals surface area contributed by atoms with Crippen LogP contribution in [0.1, 0.15) is 16.1 Å². The molecule has 0 radical (unpaired) electrons. The van der Waals surface area contributed by atoms with Crippen LogP contribution in [0.4, 0.5) is 0 Å². The molecule has 0 aliphatic heterocycles. The van der Waals surface area contributed by atoms with Crippen LogP contribution in [0.15, 0.2) is 72.2 Å². The normalized spacial score (nSPS) is 11.1. The van der Waals surface area contributed by atoms with Crippen molar-refractivity contribution in [1.29, 1.82) is 0 Å². The molecule has 0 aliphatic carbocycles. The molecule has 0 bridgehead atoms. The Bertz CT molecular complexity index is 1270. The molecule has 7 heteroatoms. The fourth-order valence-electron chi connectivity index (χ4n) is 3.19. The van der Waals surface area contributed by atoms with E-state index in [-0.39, 0.29) is 0 Å². The molecule has 0 unspecified atom stereocenters. The van der Waals surface area contributed by atoms with Gasteiger partial charge in [-0.15, -0.1) is 11.3 Å². The monoisotopic (exact) mass is 432 g/mol. The van der Waals surface area contributed by atoms with Crippen LogP contribution in [0.2, 0.25) is 5.02 Å². The molecule has 148 valence electrons. The molecule has 5 aromatic rings. The van der Waals surface area contributed by atoms with Gasteiger partial charge in [0.1, 0.15) is 18.1 Å². The van der Waals surface area contributed by atoms with Gasteiger partial charge in [0.05, 0.1) is 10.5 Å². The molecule has 0 saturated carbocycles. The van der Waals surface area contributed by atoms with E-state index in [1.54, 1.807) is 17.5 Å². The third-order valence-corrected chi connectivity index (χ3v) is 5.74. The number of fused-ring (bicyclic) bond motifs is 1. The Morgan fingerprint density at radius 3 is 2.77 bits per heavy atom. The highest BCUT2D eigenvalue weighted by Crippen LogP contribution is 2.29. The van der Waals surface area contributed by atoms with Gasteiger partial charge in [0.25, 0.3) is 0 Å². The molecular weight excluding hydrogens is 416 g/mol. The lowest BCUT2D eigenvalue weighted by Gasteiger charge is -2.11. The van der Waals surface area contributed by atoms with Crippen molar-refractivity contribution in [2.75, 3.05) is 0 Å². The largest absolute Gasteiger partial charge is 0.489 e. The van der Waals surface area contributed by atoms with Crippen molar-refractivity contribution in [3.8, 4) is 17.3 Å². The fourth-order valence-corrected chi connectivity index (χ4v) is 4.19. The third-order valence-electron chi connectivity index (χ3n) is 4.65. The second kappa shape index (κ2) is 8.26. The predicted molar refractivity (Wildman–Crippen MR) is 120 cm³/mol. The van der Waals surface area contributed by atoms with Crippen LogP contribution < -0.4 is 4.74 Å². The first kappa shape index (κ1) is 18.8. The highest BCUT2D eigenvalue weighted by Gasteiger charge is 2.13. The number of hydrogen-bond acceptors (Lipinski definition) is 5.